The number of pyridine rings is 1. The fraction of sp³-hybridized carbons (Fsp3) is 0.389. The maximum atomic E-state index is 6.13. The van der Waals surface area contributed by atoms with Crippen molar-refractivity contribution < 1.29 is 0 Å². The summed E-state index contributed by atoms with van der Waals surface area (Å²) in [5.41, 5.74) is 10.5. The van der Waals surface area contributed by atoms with E-state index in [2.05, 4.69) is 61.5 Å². The number of thiol groups is 1. The lowest BCUT2D eigenvalue weighted by atomic mass is 9.77. The van der Waals surface area contributed by atoms with Gasteiger partial charge in [0.2, 0.25) is 0 Å². The van der Waals surface area contributed by atoms with Gasteiger partial charge in [-0.2, -0.15) is 12.6 Å². The highest BCUT2D eigenvalue weighted by atomic mass is 32.1. The van der Waals surface area contributed by atoms with E-state index in [-0.39, 0.29) is 5.54 Å². The van der Waals surface area contributed by atoms with E-state index < -0.39 is 0 Å². The van der Waals surface area contributed by atoms with Crippen LogP contribution in [0.1, 0.15) is 25.0 Å². The molecule has 1 aromatic carbocycles. The lowest BCUT2D eigenvalue weighted by Gasteiger charge is -2.49. The maximum Gasteiger partial charge on any atom is 0.133 e. The van der Waals surface area contributed by atoms with Crippen LogP contribution < -0.4 is 10.6 Å². The van der Waals surface area contributed by atoms with Gasteiger partial charge in [0.25, 0.3) is 0 Å². The standard InChI is InChI=1S/C18H23N3S/c1-12-8-16-13(10-15(12)19)9-14(11-22)18(2,3)21(16)17-6-4-5-7-20-17/h4-8,10,14,22H,9,11,19H2,1-3H3. The number of nitrogens with two attached hydrogens (primary N) is 1. The van der Waals surface area contributed by atoms with Crippen LogP contribution in [-0.2, 0) is 6.42 Å². The fourth-order valence-electron chi connectivity index (χ4n) is 3.33. The van der Waals surface area contributed by atoms with E-state index in [1.165, 1.54) is 11.3 Å². The molecule has 2 aromatic rings. The molecule has 2 N–H and O–H groups in total. The summed E-state index contributed by atoms with van der Waals surface area (Å²) in [4.78, 5) is 6.93. The van der Waals surface area contributed by atoms with Crippen LogP contribution in [0.4, 0.5) is 17.2 Å². The summed E-state index contributed by atoms with van der Waals surface area (Å²) in [6.45, 7) is 6.61. The number of fused-ring (bicyclic) bond motifs is 1. The summed E-state index contributed by atoms with van der Waals surface area (Å²) in [7, 11) is 0. The number of hydrogen-bond donors (Lipinski definition) is 2. The van der Waals surface area contributed by atoms with Crippen LogP contribution in [0.25, 0.3) is 0 Å². The second kappa shape index (κ2) is 5.51. The van der Waals surface area contributed by atoms with E-state index in [1.54, 1.807) is 0 Å². The molecule has 1 aliphatic heterocycles. The Kier molecular flexibility index (Phi) is 3.81. The van der Waals surface area contributed by atoms with Gasteiger partial charge in [0, 0.05) is 23.1 Å². The molecule has 0 saturated heterocycles. The summed E-state index contributed by atoms with van der Waals surface area (Å²) >= 11 is 4.59. The number of anilines is 3. The molecule has 1 atom stereocenters. The van der Waals surface area contributed by atoms with Gasteiger partial charge >= 0.3 is 0 Å². The Bertz CT molecular complexity index is 682. The molecule has 4 heteroatoms. The third kappa shape index (κ3) is 2.35. The van der Waals surface area contributed by atoms with Gasteiger partial charge in [-0.05, 0) is 74.3 Å². The Morgan fingerprint density at radius 3 is 2.77 bits per heavy atom. The molecule has 2 heterocycles. The van der Waals surface area contributed by atoms with Crippen LogP contribution in [-0.4, -0.2) is 16.3 Å². The summed E-state index contributed by atoms with van der Waals surface area (Å²) in [6.07, 6.45) is 2.85. The summed E-state index contributed by atoms with van der Waals surface area (Å²) in [5, 5.41) is 0. The first-order valence-corrected chi connectivity index (χ1v) is 8.29. The lowest BCUT2D eigenvalue weighted by molar-refractivity contribution is 0.329. The summed E-state index contributed by atoms with van der Waals surface area (Å²) in [5.74, 6) is 2.25. The zero-order valence-electron chi connectivity index (χ0n) is 13.4. The Labute approximate surface area is 138 Å². The Hall–Kier alpha value is -1.68. The van der Waals surface area contributed by atoms with Crippen molar-refractivity contribution in [2.75, 3.05) is 16.4 Å². The summed E-state index contributed by atoms with van der Waals surface area (Å²) < 4.78 is 0. The second-order valence-corrected chi connectivity index (χ2v) is 6.96. The molecule has 0 radical (unpaired) electrons. The molecule has 22 heavy (non-hydrogen) atoms. The van der Waals surface area contributed by atoms with E-state index in [9.17, 15) is 0 Å². The third-order valence-electron chi connectivity index (χ3n) is 4.85. The topological polar surface area (TPSA) is 42.1 Å². The van der Waals surface area contributed by atoms with Crippen LogP contribution >= 0.6 is 12.6 Å². The van der Waals surface area contributed by atoms with Crippen molar-refractivity contribution in [3.8, 4) is 0 Å². The molecule has 3 rings (SSSR count). The van der Waals surface area contributed by atoms with Crippen LogP contribution in [0.3, 0.4) is 0 Å². The molecule has 1 aromatic heterocycles. The SMILES string of the molecule is Cc1cc2c(cc1N)CC(CS)C(C)(C)N2c1ccccn1. The first-order valence-electron chi connectivity index (χ1n) is 7.66. The fourth-order valence-corrected chi connectivity index (χ4v) is 3.90. The summed E-state index contributed by atoms with van der Waals surface area (Å²) in [6, 6.07) is 10.4. The Balaban J connectivity index is 2.23. The molecule has 0 bridgehead atoms. The highest BCUT2D eigenvalue weighted by Crippen LogP contribution is 2.45. The Morgan fingerprint density at radius 2 is 2.14 bits per heavy atom. The van der Waals surface area contributed by atoms with E-state index in [0.29, 0.717) is 5.92 Å². The van der Waals surface area contributed by atoms with Crippen LogP contribution in [0.2, 0.25) is 0 Å². The Morgan fingerprint density at radius 1 is 1.36 bits per heavy atom. The highest BCUT2D eigenvalue weighted by molar-refractivity contribution is 7.80. The van der Waals surface area contributed by atoms with Crippen molar-refractivity contribution >= 4 is 29.8 Å². The first kappa shape index (κ1) is 15.2. The third-order valence-corrected chi connectivity index (χ3v) is 5.29. The van der Waals surface area contributed by atoms with Crippen molar-refractivity contribution in [1.82, 2.24) is 4.98 Å². The minimum absolute atomic E-state index is 0.0499. The monoisotopic (exact) mass is 313 g/mol. The van der Waals surface area contributed by atoms with Crippen molar-refractivity contribution in [3.05, 3.63) is 47.7 Å². The number of aryl methyl sites for hydroxylation is 1. The average molecular weight is 313 g/mol. The van der Waals surface area contributed by atoms with Crippen LogP contribution in [0.15, 0.2) is 36.5 Å². The molecule has 0 amide bonds. The van der Waals surface area contributed by atoms with Gasteiger partial charge in [-0.1, -0.05) is 6.07 Å². The normalized spacial score (nSPS) is 19.8. The van der Waals surface area contributed by atoms with E-state index >= 15 is 0 Å². The predicted octanol–water partition coefficient (Wildman–Crippen LogP) is 3.99. The zero-order chi connectivity index (χ0) is 15.9. The van der Waals surface area contributed by atoms with Gasteiger partial charge in [-0.15, -0.1) is 0 Å². The molecule has 1 aliphatic rings. The number of hydrogen-bond acceptors (Lipinski definition) is 4. The molecule has 3 nitrogen and oxygen atoms in total. The highest BCUT2D eigenvalue weighted by Gasteiger charge is 2.41. The number of nitrogen functional groups attached to an aromatic ring is 1. The lowest BCUT2D eigenvalue weighted by Crippen LogP contribution is -2.52. The molecule has 116 valence electrons. The van der Waals surface area contributed by atoms with Crippen molar-refractivity contribution in [1.29, 1.82) is 0 Å². The number of benzene rings is 1. The van der Waals surface area contributed by atoms with Crippen molar-refractivity contribution in [2.24, 2.45) is 5.92 Å². The van der Waals surface area contributed by atoms with Gasteiger partial charge in [0.15, 0.2) is 0 Å². The second-order valence-electron chi connectivity index (χ2n) is 6.60. The predicted molar refractivity (Wildman–Crippen MR) is 97.1 cm³/mol. The largest absolute Gasteiger partial charge is 0.399 e. The minimum Gasteiger partial charge on any atom is -0.399 e. The van der Waals surface area contributed by atoms with Gasteiger partial charge in [-0.25, -0.2) is 4.98 Å². The molecule has 0 fully saturated rings. The van der Waals surface area contributed by atoms with Crippen LogP contribution in [0.5, 0.6) is 0 Å². The number of nitrogens with zero attached hydrogens (tertiary/aromatic N) is 2. The molecule has 0 aliphatic carbocycles. The molecular weight excluding hydrogens is 290 g/mol. The maximum absolute atomic E-state index is 6.13. The smallest absolute Gasteiger partial charge is 0.133 e. The average Bonchev–Trinajstić information content (AvgIpc) is 2.49. The minimum atomic E-state index is -0.0499. The molecule has 1 unspecified atom stereocenters. The van der Waals surface area contributed by atoms with Crippen molar-refractivity contribution in [2.45, 2.75) is 32.7 Å². The van der Waals surface area contributed by atoms with E-state index in [0.717, 1.165) is 29.2 Å². The van der Waals surface area contributed by atoms with Gasteiger partial charge in [-0.3, -0.25) is 0 Å². The van der Waals surface area contributed by atoms with E-state index in [4.69, 9.17) is 5.73 Å². The molecular formula is C18H23N3S. The van der Waals surface area contributed by atoms with Gasteiger partial charge < -0.3 is 10.6 Å². The molecule has 0 saturated carbocycles. The quantitative estimate of drug-likeness (QED) is 0.651. The van der Waals surface area contributed by atoms with Crippen molar-refractivity contribution in [3.63, 3.8) is 0 Å². The van der Waals surface area contributed by atoms with Gasteiger partial charge in [0.1, 0.15) is 5.82 Å². The number of rotatable bonds is 2. The van der Waals surface area contributed by atoms with Gasteiger partial charge in [0.05, 0.1) is 0 Å². The van der Waals surface area contributed by atoms with Crippen LogP contribution in [0, 0.1) is 12.8 Å². The number of aromatic nitrogens is 1. The van der Waals surface area contributed by atoms with E-state index in [1.807, 2.05) is 18.3 Å². The zero-order valence-corrected chi connectivity index (χ0v) is 14.3. The first-order chi connectivity index (χ1) is 10.4. The molecule has 0 spiro atoms.